The molecule has 376 valence electrons. The molecule has 0 aliphatic heterocycles. The van der Waals surface area contributed by atoms with Gasteiger partial charge in [-0.3, -0.25) is 0 Å². The van der Waals surface area contributed by atoms with Gasteiger partial charge in [0.1, 0.15) is 49.4 Å². The van der Waals surface area contributed by atoms with Crippen LogP contribution >= 0.6 is 45.3 Å². The van der Waals surface area contributed by atoms with Gasteiger partial charge in [0.25, 0.3) is 0 Å². The van der Waals surface area contributed by atoms with Crippen LogP contribution in [-0.4, -0.2) is 0 Å². The maximum Gasteiger partial charge on any atom is 0.126 e. The van der Waals surface area contributed by atoms with E-state index >= 15 is 0 Å². The van der Waals surface area contributed by atoms with Gasteiger partial charge in [0, 0.05) is 45.2 Å². The molecule has 0 unspecified atom stereocenters. The van der Waals surface area contributed by atoms with Gasteiger partial charge in [-0.1, -0.05) is 156 Å². The van der Waals surface area contributed by atoms with Crippen molar-refractivity contribution in [3.8, 4) is 23.0 Å². The lowest BCUT2D eigenvalue weighted by Crippen LogP contribution is -2.17. The summed E-state index contributed by atoms with van der Waals surface area (Å²) in [7, 11) is 0. The SMILES string of the molecule is CC(C)(C)c1cc2c(OCc3cccs3)c(c1)Cc1cc(C(C)(C)C)cc(c1OCc1cccs1)Cc1cc(C(C)(C)C)cc(c1OCc1cccs1)Cc1cc(C(C)(C)C)cc(c1OCc1cccs1)C2. The van der Waals surface area contributed by atoms with Crippen LogP contribution in [0.15, 0.2) is 119 Å². The van der Waals surface area contributed by atoms with E-state index < -0.39 is 0 Å². The van der Waals surface area contributed by atoms with Gasteiger partial charge in [0.05, 0.1) is 0 Å². The zero-order chi connectivity index (χ0) is 51.0. The van der Waals surface area contributed by atoms with E-state index in [0.717, 1.165) is 67.5 Å². The van der Waals surface area contributed by atoms with E-state index in [-0.39, 0.29) is 21.7 Å². The predicted molar refractivity (Wildman–Crippen MR) is 306 cm³/mol. The standard InChI is InChI=1S/C64H72O4S4/c1-61(2,3)49-29-41-25-43-31-50(62(4,5)6)33-45(58(43)66-38-54-18-14-22-70-54)27-47-35-52(64(10,11)12)36-48(60(47)68-40-56-20-16-24-72-56)28-46-34-51(63(7,8)9)32-44(59(46)67-39-55-19-15-23-71-55)26-42(30-49)57(41)65-37-53-17-13-21-69-53/h13-24,29-36H,25-28,37-40H2,1-12H3. The van der Waals surface area contributed by atoms with Crippen LogP contribution < -0.4 is 18.9 Å². The molecule has 0 radical (unpaired) electrons. The number of thiophene rings is 4. The van der Waals surface area contributed by atoms with Crippen LogP contribution in [0.2, 0.25) is 0 Å². The summed E-state index contributed by atoms with van der Waals surface area (Å²) in [5.74, 6) is 3.75. The molecule has 0 N–H and O–H groups in total. The maximum absolute atomic E-state index is 7.25. The molecular formula is C64H72O4S4. The average Bonchev–Trinajstić information content (AvgIpc) is 4.16. The van der Waals surface area contributed by atoms with E-state index in [0.29, 0.717) is 52.1 Å². The third-order valence-electron chi connectivity index (χ3n) is 13.7. The molecule has 72 heavy (non-hydrogen) atoms. The quantitative estimate of drug-likeness (QED) is 0.122. The van der Waals surface area contributed by atoms with E-state index in [2.05, 4.69) is 202 Å². The van der Waals surface area contributed by atoms with Gasteiger partial charge in [0.2, 0.25) is 0 Å². The molecule has 1 aliphatic carbocycles. The topological polar surface area (TPSA) is 36.9 Å². The van der Waals surface area contributed by atoms with Crippen LogP contribution in [0.25, 0.3) is 0 Å². The summed E-state index contributed by atoms with van der Waals surface area (Å²) in [5, 5.41) is 8.55. The van der Waals surface area contributed by atoms with Crippen LogP contribution in [0, 0.1) is 0 Å². The zero-order valence-corrected chi connectivity index (χ0v) is 47.7. The Kier molecular flexibility index (Phi) is 15.1. The number of hydrogen-bond donors (Lipinski definition) is 0. The van der Waals surface area contributed by atoms with Crippen molar-refractivity contribution in [3.63, 3.8) is 0 Å². The van der Waals surface area contributed by atoms with Crippen LogP contribution in [0.5, 0.6) is 23.0 Å². The van der Waals surface area contributed by atoms with Gasteiger partial charge < -0.3 is 18.9 Å². The molecule has 9 rings (SSSR count). The Balaban J connectivity index is 1.38. The second kappa shape index (κ2) is 21.0. The van der Waals surface area contributed by atoms with E-state index in [4.69, 9.17) is 18.9 Å². The van der Waals surface area contributed by atoms with Crippen molar-refractivity contribution in [1.29, 1.82) is 0 Å². The fourth-order valence-corrected chi connectivity index (χ4v) is 12.0. The molecule has 8 bridgehead atoms. The van der Waals surface area contributed by atoms with E-state index in [1.54, 1.807) is 45.3 Å². The van der Waals surface area contributed by atoms with Crippen molar-refractivity contribution in [2.24, 2.45) is 0 Å². The Bertz CT molecular complexity index is 2580. The molecule has 8 heteroatoms. The highest BCUT2D eigenvalue weighted by molar-refractivity contribution is 7.10. The van der Waals surface area contributed by atoms with Gasteiger partial charge >= 0.3 is 0 Å². The van der Waals surface area contributed by atoms with E-state index in [1.165, 1.54) is 41.8 Å². The van der Waals surface area contributed by atoms with Crippen molar-refractivity contribution in [1.82, 2.24) is 0 Å². The van der Waals surface area contributed by atoms with Crippen molar-refractivity contribution >= 4 is 45.3 Å². The van der Waals surface area contributed by atoms with Crippen LogP contribution in [0.1, 0.15) is 169 Å². The predicted octanol–water partition coefficient (Wildman–Crippen LogP) is 18.1. The minimum absolute atomic E-state index is 0.141. The van der Waals surface area contributed by atoms with Crippen molar-refractivity contribution in [3.05, 3.63) is 205 Å². The zero-order valence-electron chi connectivity index (χ0n) is 44.5. The molecular weight excluding hydrogens is 961 g/mol. The third kappa shape index (κ3) is 12.3. The van der Waals surface area contributed by atoms with Crippen LogP contribution in [0.4, 0.5) is 0 Å². The minimum atomic E-state index is -0.141. The van der Waals surface area contributed by atoms with Gasteiger partial charge in [-0.2, -0.15) is 0 Å². The fourth-order valence-electron chi connectivity index (χ4n) is 9.51. The van der Waals surface area contributed by atoms with Crippen LogP contribution in [0.3, 0.4) is 0 Å². The minimum Gasteiger partial charge on any atom is -0.487 e. The van der Waals surface area contributed by atoms with E-state index in [1.807, 2.05) is 0 Å². The first kappa shape index (κ1) is 51.8. The molecule has 4 heterocycles. The highest BCUT2D eigenvalue weighted by Crippen LogP contribution is 2.45. The number of ether oxygens (including phenoxy) is 4. The molecule has 4 aromatic heterocycles. The second-order valence-corrected chi connectivity index (χ2v) is 27.8. The Labute approximate surface area is 446 Å². The molecule has 0 saturated heterocycles. The van der Waals surface area contributed by atoms with Crippen molar-refractivity contribution < 1.29 is 18.9 Å². The lowest BCUT2D eigenvalue weighted by molar-refractivity contribution is 0.296. The van der Waals surface area contributed by atoms with Gasteiger partial charge in [-0.05, 0) is 134 Å². The average molecular weight is 1030 g/mol. The highest BCUT2D eigenvalue weighted by Gasteiger charge is 2.30. The molecule has 0 fully saturated rings. The van der Waals surface area contributed by atoms with Gasteiger partial charge in [0.15, 0.2) is 0 Å². The summed E-state index contributed by atoms with van der Waals surface area (Å²) in [6.07, 6.45) is 2.49. The fraction of sp³-hybridized carbons (Fsp3) is 0.375. The Morgan fingerprint density at radius 3 is 0.625 bits per heavy atom. The van der Waals surface area contributed by atoms with Crippen molar-refractivity contribution in [2.45, 2.75) is 157 Å². The highest BCUT2D eigenvalue weighted by atomic mass is 32.1. The monoisotopic (exact) mass is 1030 g/mol. The molecule has 1 aliphatic rings. The molecule has 4 aromatic carbocycles. The summed E-state index contributed by atoms with van der Waals surface area (Å²) < 4.78 is 29.0. The molecule has 0 saturated carbocycles. The number of rotatable bonds is 12. The van der Waals surface area contributed by atoms with Gasteiger partial charge in [-0.25, -0.2) is 0 Å². The van der Waals surface area contributed by atoms with Crippen LogP contribution in [-0.2, 0) is 73.8 Å². The first-order chi connectivity index (χ1) is 34.2. The maximum atomic E-state index is 7.25. The largest absolute Gasteiger partial charge is 0.487 e. The number of hydrogen-bond acceptors (Lipinski definition) is 8. The summed E-state index contributed by atoms with van der Waals surface area (Å²) >= 11 is 6.95. The van der Waals surface area contributed by atoms with Crippen molar-refractivity contribution in [2.75, 3.05) is 0 Å². The molecule has 0 atom stereocenters. The molecule has 4 nitrogen and oxygen atoms in total. The molecule has 8 aromatic rings. The lowest BCUT2D eigenvalue weighted by Gasteiger charge is -2.29. The third-order valence-corrected chi connectivity index (χ3v) is 17.1. The smallest absolute Gasteiger partial charge is 0.126 e. The first-order valence-electron chi connectivity index (χ1n) is 25.4. The summed E-state index contributed by atoms with van der Waals surface area (Å²) in [5.41, 5.74) is 13.8. The second-order valence-electron chi connectivity index (χ2n) is 23.7. The Morgan fingerprint density at radius 1 is 0.306 bits per heavy atom. The van der Waals surface area contributed by atoms with E-state index in [9.17, 15) is 0 Å². The molecule has 0 spiro atoms. The first-order valence-corrected chi connectivity index (χ1v) is 28.9. The summed E-state index contributed by atoms with van der Waals surface area (Å²) in [6.45, 7) is 29.8. The van der Waals surface area contributed by atoms with Gasteiger partial charge in [-0.15, -0.1) is 45.3 Å². The molecule has 0 amide bonds. The number of fused-ring (bicyclic) bond motifs is 8. The normalized spacial score (nSPS) is 13.3. The Morgan fingerprint density at radius 2 is 0.486 bits per heavy atom. The number of benzene rings is 4. The summed E-state index contributed by atoms with van der Waals surface area (Å²) in [6, 6.07) is 36.5. The lowest BCUT2D eigenvalue weighted by atomic mass is 9.79. The Hall–Kier alpha value is -5.12. The summed E-state index contributed by atoms with van der Waals surface area (Å²) in [4.78, 5) is 4.76.